The van der Waals surface area contributed by atoms with Gasteiger partial charge < -0.3 is 9.47 Å². The number of carbonyl (C=O) groups is 3. The van der Waals surface area contributed by atoms with Gasteiger partial charge in [-0.05, 0) is 73.3 Å². The maximum Gasteiger partial charge on any atom is 0.303 e. The molecule has 5 rings (SSSR count). The van der Waals surface area contributed by atoms with Crippen molar-refractivity contribution in [3.8, 4) is 0 Å². The SMILES string of the molecule is CC(=O)OCC(=O)[C@H]1CC[C@H]2[C@@H]3C[C@H]4OC[C@@]5(CCC(=O)C=C45)[C@H]3CC[C@]12C. The Bertz CT molecular complexity index is 769. The Kier molecular flexibility index (Phi) is 4.14. The third kappa shape index (κ3) is 2.44. The van der Waals surface area contributed by atoms with E-state index in [0.29, 0.717) is 24.2 Å². The van der Waals surface area contributed by atoms with Crippen molar-refractivity contribution in [3.05, 3.63) is 11.6 Å². The Morgan fingerprint density at radius 1 is 1.21 bits per heavy atom. The third-order valence-corrected chi connectivity index (χ3v) is 9.04. The number of ether oxygens (including phenoxy) is 2. The standard InChI is InChI=1S/C23H30O5/c1-13(24)27-11-20(26)18-4-3-16-15-10-21-19-9-14(25)5-8-23(19,12-28-21)17(15)6-7-22(16,18)2/h9,15-18,21H,3-8,10-12H2,1-2H3/t15-,16-,17-,18+,21+,22-,23-/m0/s1. The van der Waals surface area contributed by atoms with Crippen LogP contribution in [0.2, 0.25) is 0 Å². The summed E-state index contributed by atoms with van der Waals surface area (Å²) in [5.74, 6) is 1.64. The zero-order chi connectivity index (χ0) is 19.7. The van der Waals surface area contributed by atoms with Crippen molar-refractivity contribution in [1.82, 2.24) is 0 Å². The first-order valence-corrected chi connectivity index (χ1v) is 10.9. The van der Waals surface area contributed by atoms with Gasteiger partial charge in [0.25, 0.3) is 0 Å². The van der Waals surface area contributed by atoms with Crippen molar-refractivity contribution < 1.29 is 23.9 Å². The molecule has 2 bridgehead atoms. The summed E-state index contributed by atoms with van der Waals surface area (Å²) in [6.07, 6.45) is 8.73. The predicted octanol–water partition coefficient (Wildman–Crippen LogP) is 3.26. The molecule has 152 valence electrons. The fourth-order valence-corrected chi connectivity index (χ4v) is 7.84. The average Bonchev–Trinajstić information content (AvgIpc) is 3.14. The van der Waals surface area contributed by atoms with Crippen LogP contribution in [0.4, 0.5) is 0 Å². The van der Waals surface area contributed by atoms with Crippen LogP contribution >= 0.6 is 0 Å². The average molecular weight is 386 g/mol. The normalized spacial score (nSPS) is 46.3. The van der Waals surface area contributed by atoms with Crippen LogP contribution in [0.1, 0.15) is 58.8 Å². The Labute approximate surface area is 166 Å². The van der Waals surface area contributed by atoms with Crippen LogP contribution < -0.4 is 0 Å². The molecular formula is C23H30O5. The molecule has 0 spiro atoms. The molecule has 0 aromatic rings. The van der Waals surface area contributed by atoms with E-state index < -0.39 is 0 Å². The maximum absolute atomic E-state index is 12.8. The van der Waals surface area contributed by atoms with Crippen LogP contribution in [0.25, 0.3) is 0 Å². The van der Waals surface area contributed by atoms with E-state index in [2.05, 4.69) is 6.92 Å². The van der Waals surface area contributed by atoms with Crippen LogP contribution in [0.5, 0.6) is 0 Å². The van der Waals surface area contributed by atoms with Crippen molar-refractivity contribution in [1.29, 1.82) is 0 Å². The fraction of sp³-hybridized carbons (Fsp3) is 0.783. The van der Waals surface area contributed by atoms with Gasteiger partial charge >= 0.3 is 5.97 Å². The molecule has 4 aliphatic carbocycles. The summed E-state index contributed by atoms with van der Waals surface area (Å²) in [6.45, 7) is 4.35. The highest BCUT2D eigenvalue weighted by Gasteiger charge is 2.65. The fourth-order valence-electron chi connectivity index (χ4n) is 7.84. The number of hydrogen-bond donors (Lipinski definition) is 0. The van der Waals surface area contributed by atoms with Crippen molar-refractivity contribution in [2.24, 2.45) is 34.5 Å². The van der Waals surface area contributed by atoms with Crippen LogP contribution in [-0.2, 0) is 23.9 Å². The molecule has 0 unspecified atom stereocenters. The van der Waals surface area contributed by atoms with Gasteiger partial charge in [0.2, 0.25) is 0 Å². The molecule has 0 N–H and O–H groups in total. The van der Waals surface area contributed by atoms with E-state index in [-0.39, 0.29) is 47.0 Å². The predicted molar refractivity (Wildman–Crippen MR) is 101 cm³/mol. The number of rotatable bonds is 3. The van der Waals surface area contributed by atoms with E-state index in [1.165, 1.54) is 12.5 Å². The van der Waals surface area contributed by atoms with E-state index in [9.17, 15) is 14.4 Å². The van der Waals surface area contributed by atoms with Crippen LogP contribution in [-0.4, -0.2) is 36.9 Å². The minimum atomic E-state index is -0.386. The van der Waals surface area contributed by atoms with Gasteiger partial charge in [0.05, 0.1) is 12.7 Å². The highest BCUT2D eigenvalue weighted by molar-refractivity contribution is 5.92. The molecule has 4 fully saturated rings. The molecule has 5 nitrogen and oxygen atoms in total. The van der Waals surface area contributed by atoms with E-state index in [0.717, 1.165) is 45.1 Å². The largest absolute Gasteiger partial charge is 0.458 e. The van der Waals surface area contributed by atoms with Gasteiger partial charge in [0.15, 0.2) is 11.6 Å². The lowest BCUT2D eigenvalue weighted by Crippen LogP contribution is -2.53. The molecule has 1 aliphatic heterocycles. The second-order valence-electron chi connectivity index (χ2n) is 10.1. The van der Waals surface area contributed by atoms with E-state index in [4.69, 9.17) is 9.47 Å². The number of hydrogen-bond acceptors (Lipinski definition) is 5. The summed E-state index contributed by atoms with van der Waals surface area (Å²) in [6, 6.07) is 0. The number of Topliss-reactive ketones (excluding diaryl/α,β-unsaturated/α-hetero) is 1. The quantitative estimate of drug-likeness (QED) is 0.697. The number of esters is 1. The molecule has 1 saturated heterocycles. The highest BCUT2D eigenvalue weighted by Crippen LogP contribution is 2.68. The molecule has 0 aromatic heterocycles. The summed E-state index contributed by atoms with van der Waals surface area (Å²) in [4.78, 5) is 36.0. The Morgan fingerprint density at radius 2 is 2.04 bits per heavy atom. The summed E-state index contributed by atoms with van der Waals surface area (Å²) in [7, 11) is 0. The topological polar surface area (TPSA) is 69.7 Å². The smallest absolute Gasteiger partial charge is 0.303 e. The minimum Gasteiger partial charge on any atom is -0.458 e. The van der Waals surface area contributed by atoms with Crippen molar-refractivity contribution in [2.75, 3.05) is 13.2 Å². The van der Waals surface area contributed by atoms with Gasteiger partial charge in [-0.15, -0.1) is 0 Å². The van der Waals surface area contributed by atoms with Crippen LogP contribution in [0, 0.1) is 34.5 Å². The van der Waals surface area contributed by atoms with Gasteiger partial charge in [-0.3, -0.25) is 14.4 Å². The minimum absolute atomic E-state index is 0.000181. The maximum atomic E-state index is 12.8. The molecule has 3 saturated carbocycles. The summed E-state index contributed by atoms with van der Waals surface area (Å²) >= 11 is 0. The molecule has 0 aromatic carbocycles. The zero-order valence-electron chi connectivity index (χ0n) is 16.9. The monoisotopic (exact) mass is 386 g/mol. The Morgan fingerprint density at radius 3 is 2.82 bits per heavy atom. The van der Waals surface area contributed by atoms with Gasteiger partial charge in [-0.25, -0.2) is 0 Å². The Balaban J connectivity index is 1.41. The van der Waals surface area contributed by atoms with Crippen molar-refractivity contribution in [3.63, 3.8) is 0 Å². The van der Waals surface area contributed by atoms with Gasteiger partial charge in [-0.1, -0.05) is 6.92 Å². The first-order chi connectivity index (χ1) is 13.3. The molecule has 0 amide bonds. The lowest BCUT2D eigenvalue weighted by atomic mass is 9.46. The number of ketones is 2. The molecule has 7 atom stereocenters. The van der Waals surface area contributed by atoms with Crippen LogP contribution in [0.15, 0.2) is 11.6 Å². The molecule has 1 heterocycles. The summed E-state index contributed by atoms with van der Waals surface area (Å²) < 4.78 is 11.3. The van der Waals surface area contributed by atoms with Gasteiger partial charge in [0, 0.05) is 24.7 Å². The van der Waals surface area contributed by atoms with Gasteiger partial charge in [0.1, 0.15) is 6.61 Å². The summed E-state index contributed by atoms with van der Waals surface area (Å²) in [5.41, 5.74) is 1.36. The summed E-state index contributed by atoms with van der Waals surface area (Å²) in [5, 5.41) is 0. The van der Waals surface area contributed by atoms with Crippen molar-refractivity contribution in [2.45, 2.75) is 64.9 Å². The third-order valence-electron chi connectivity index (χ3n) is 9.04. The molecule has 5 aliphatic rings. The van der Waals surface area contributed by atoms with E-state index >= 15 is 0 Å². The Hall–Kier alpha value is -1.49. The lowest BCUT2D eigenvalue weighted by molar-refractivity contribution is -0.149. The molecule has 5 heteroatoms. The van der Waals surface area contributed by atoms with E-state index in [1.807, 2.05) is 6.08 Å². The first kappa shape index (κ1) is 18.5. The molecular weight excluding hydrogens is 356 g/mol. The van der Waals surface area contributed by atoms with Crippen molar-refractivity contribution >= 4 is 17.5 Å². The molecule has 0 radical (unpaired) electrons. The lowest BCUT2D eigenvalue weighted by Gasteiger charge is -2.56. The first-order valence-electron chi connectivity index (χ1n) is 10.9. The van der Waals surface area contributed by atoms with Gasteiger partial charge in [-0.2, -0.15) is 0 Å². The number of fused-ring (bicyclic) bond motifs is 3. The number of carbonyl (C=O) groups excluding carboxylic acids is 3. The van der Waals surface area contributed by atoms with E-state index in [1.54, 1.807) is 0 Å². The zero-order valence-corrected chi connectivity index (χ0v) is 16.9. The second-order valence-corrected chi connectivity index (χ2v) is 10.1. The van der Waals surface area contributed by atoms with Crippen LogP contribution in [0.3, 0.4) is 0 Å². The second kappa shape index (κ2) is 6.25. The molecule has 28 heavy (non-hydrogen) atoms. The highest BCUT2D eigenvalue weighted by atomic mass is 16.5.